The van der Waals surface area contributed by atoms with Crippen LogP contribution in [0.15, 0.2) is 30.9 Å². The number of ketones is 1. The van der Waals surface area contributed by atoms with E-state index in [4.69, 9.17) is 0 Å². The van der Waals surface area contributed by atoms with Gasteiger partial charge in [-0.25, -0.2) is 9.50 Å². The summed E-state index contributed by atoms with van der Waals surface area (Å²) in [6, 6.07) is 3.49. The first-order valence-corrected chi connectivity index (χ1v) is 6.06. The van der Waals surface area contributed by atoms with E-state index >= 15 is 0 Å². The Balaban J connectivity index is 2.12. The summed E-state index contributed by atoms with van der Waals surface area (Å²) >= 11 is 0. The van der Waals surface area contributed by atoms with Crippen LogP contribution in [0.5, 0.6) is 5.75 Å². The predicted octanol–water partition coefficient (Wildman–Crippen LogP) is 1.68. The van der Waals surface area contributed by atoms with E-state index in [0.29, 0.717) is 16.9 Å². The molecule has 0 aliphatic heterocycles. The van der Waals surface area contributed by atoms with E-state index in [0.717, 1.165) is 5.56 Å². The number of carbonyl (C=O) groups is 1. The summed E-state index contributed by atoms with van der Waals surface area (Å²) in [7, 11) is 0. The lowest BCUT2D eigenvalue weighted by Crippen LogP contribution is -2.06. The summed E-state index contributed by atoms with van der Waals surface area (Å²) in [6.07, 6.45) is 4.35. The van der Waals surface area contributed by atoms with Gasteiger partial charge >= 0.3 is 0 Å². The van der Waals surface area contributed by atoms with Crippen LogP contribution in [0.4, 0.5) is 0 Å². The van der Waals surface area contributed by atoms with Gasteiger partial charge in [0.2, 0.25) is 0 Å². The second kappa shape index (κ2) is 4.41. The van der Waals surface area contributed by atoms with Gasteiger partial charge in [-0.05, 0) is 31.0 Å². The zero-order valence-electron chi connectivity index (χ0n) is 11.0. The number of fused-ring (bicyclic) bond motifs is 1. The van der Waals surface area contributed by atoms with Crippen molar-refractivity contribution in [2.75, 3.05) is 0 Å². The molecule has 100 valence electrons. The van der Waals surface area contributed by atoms with Gasteiger partial charge in [0.05, 0.1) is 11.1 Å². The number of hydrogen-bond donors (Lipinski definition) is 1. The van der Waals surface area contributed by atoms with Crippen molar-refractivity contribution >= 4 is 11.6 Å². The maximum Gasteiger partial charge on any atom is 0.252 e. The van der Waals surface area contributed by atoms with Gasteiger partial charge in [0.25, 0.3) is 5.78 Å². The molecule has 3 rings (SSSR count). The van der Waals surface area contributed by atoms with Crippen molar-refractivity contribution in [1.29, 1.82) is 0 Å². The van der Waals surface area contributed by atoms with Crippen molar-refractivity contribution in [3.63, 3.8) is 0 Å². The largest absolute Gasteiger partial charge is 0.507 e. The maximum atomic E-state index is 12.5. The number of phenolic OH excluding ortho intramolecular Hbond substituents is 1. The summed E-state index contributed by atoms with van der Waals surface area (Å²) in [5.74, 6) is 0.129. The molecule has 0 bridgehead atoms. The maximum absolute atomic E-state index is 12.5. The third-order valence-electron chi connectivity index (χ3n) is 3.09. The monoisotopic (exact) mass is 268 g/mol. The fourth-order valence-corrected chi connectivity index (χ4v) is 2.13. The molecule has 0 unspecified atom stereocenters. The van der Waals surface area contributed by atoms with Crippen LogP contribution in [-0.2, 0) is 0 Å². The number of phenols is 1. The second-order valence-electron chi connectivity index (χ2n) is 4.65. The molecular formula is C14H12N4O2. The molecule has 0 saturated heterocycles. The molecule has 0 aliphatic rings. The highest BCUT2D eigenvalue weighted by Gasteiger charge is 2.17. The Bertz CT molecular complexity index is 823. The van der Waals surface area contributed by atoms with Crippen molar-refractivity contribution in [3.05, 3.63) is 53.1 Å². The first kappa shape index (κ1) is 12.3. The minimum Gasteiger partial charge on any atom is -0.507 e. The Morgan fingerprint density at radius 1 is 1.25 bits per heavy atom. The lowest BCUT2D eigenvalue weighted by Gasteiger charge is -2.08. The molecule has 0 aliphatic carbocycles. The van der Waals surface area contributed by atoms with Crippen LogP contribution >= 0.6 is 0 Å². The highest BCUT2D eigenvalue weighted by Crippen LogP contribution is 2.25. The molecule has 0 fully saturated rings. The average Bonchev–Trinajstić information content (AvgIpc) is 2.89. The molecule has 0 spiro atoms. The number of aryl methyl sites for hydroxylation is 2. The Kier molecular flexibility index (Phi) is 2.71. The van der Waals surface area contributed by atoms with Gasteiger partial charge in [-0.3, -0.25) is 4.79 Å². The van der Waals surface area contributed by atoms with Crippen LogP contribution in [0, 0.1) is 13.8 Å². The smallest absolute Gasteiger partial charge is 0.252 e. The van der Waals surface area contributed by atoms with Gasteiger partial charge in [-0.2, -0.15) is 10.1 Å². The molecule has 0 saturated carbocycles. The van der Waals surface area contributed by atoms with Crippen molar-refractivity contribution in [1.82, 2.24) is 19.6 Å². The number of hydrogen-bond acceptors (Lipinski definition) is 5. The van der Waals surface area contributed by atoms with Crippen LogP contribution in [0.3, 0.4) is 0 Å². The first-order chi connectivity index (χ1) is 9.56. The number of nitrogens with zero attached hydrogens (tertiary/aromatic N) is 4. The molecule has 0 amide bonds. The van der Waals surface area contributed by atoms with Gasteiger partial charge in [-0.1, -0.05) is 6.07 Å². The van der Waals surface area contributed by atoms with E-state index in [1.807, 2.05) is 13.0 Å². The number of aromatic hydroxyl groups is 1. The van der Waals surface area contributed by atoms with E-state index in [9.17, 15) is 9.90 Å². The molecule has 3 aromatic rings. The Labute approximate surface area is 114 Å². The van der Waals surface area contributed by atoms with Crippen LogP contribution < -0.4 is 0 Å². The number of carbonyl (C=O) groups excluding carboxylic acids is 1. The summed E-state index contributed by atoms with van der Waals surface area (Å²) in [6.45, 7) is 3.64. The zero-order valence-corrected chi connectivity index (χ0v) is 11.0. The molecule has 1 N–H and O–H groups in total. The SMILES string of the molecule is Cc1cc(C)c(O)c(C(=O)c2cnc3ncnn3c2)c1. The van der Waals surface area contributed by atoms with Gasteiger partial charge in [-0.15, -0.1) is 0 Å². The van der Waals surface area contributed by atoms with E-state index < -0.39 is 0 Å². The van der Waals surface area contributed by atoms with Crippen molar-refractivity contribution in [3.8, 4) is 5.75 Å². The van der Waals surface area contributed by atoms with E-state index in [1.165, 1.54) is 17.0 Å². The minimum atomic E-state index is -0.292. The third kappa shape index (κ3) is 1.91. The van der Waals surface area contributed by atoms with Gasteiger partial charge in [0.1, 0.15) is 12.1 Å². The quantitative estimate of drug-likeness (QED) is 0.715. The summed E-state index contributed by atoms with van der Waals surface area (Å²) in [5.41, 5.74) is 2.20. The fraction of sp³-hybridized carbons (Fsp3) is 0.143. The number of benzene rings is 1. The molecule has 2 heterocycles. The number of rotatable bonds is 2. The fourth-order valence-electron chi connectivity index (χ4n) is 2.13. The van der Waals surface area contributed by atoms with Crippen molar-refractivity contribution in [2.24, 2.45) is 0 Å². The van der Waals surface area contributed by atoms with Crippen LogP contribution in [0.1, 0.15) is 27.0 Å². The van der Waals surface area contributed by atoms with Crippen LogP contribution in [-0.4, -0.2) is 30.5 Å². The average molecular weight is 268 g/mol. The van der Waals surface area contributed by atoms with Crippen LogP contribution in [0.25, 0.3) is 5.78 Å². The zero-order chi connectivity index (χ0) is 14.3. The normalized spacial score (nSPS) is 10.9. The van der Waals surface area contributed by atoms with Crippen molar-refractivity contribution in [2.45, 2.75) is 13.8 Å². The highest BCUT2D eigenvalue weighted by molar-refractivity contribution is 6.10. The van der Waals surface area contributed by atoms with E-state index in [2.05, 4.69) is 15.1 Å². The Hall–Kier alpha value is -2.76. The lowest BCUT2D eigenvalue weighted by atomic mass is 9.99. The summed E-state index contributed by atoms with van der Waals surface area (Å²) in [5, 5.41) is 14.0. The standard InChI is InChI=1S/C14H12N4O2/c1-8-3-9(2)12(19)11(4-8)13(20)10-5-15-14-16-7-17-18(14)6-10/h3-7,19H,1-2H3. The molecule has 0 radical (unpaired) electrons. The number of aromatic nitrogens is 4. The Morgan fingerprint density at radius 2 is 2.05 bits per heavy atom. The van der Waals surface area contributed by atoms with Gasteiger partial charge in [0, 0.05) is 12.4 Å². The van der Waals surface area contributed by atoms with Gasteiger partial charge < -0.3 is 5.11 Å². The third-order valence-corrected chi connectivity index (χ3v) is 3.09. The molecule has 6 heteroatoms. The predicted molar refractivity (Wildman–Crippen MR) is 71.8 cm³/mol. The topological polar surface area (TPSA) is 80.4 Å². The minimum absolute atomic E-state index is 0.000660. The summed E-state index contributed by atoms with van der Waals surface area (Å²) < 4.78 is 1.42. The lowest BCUT2D eigenvalue weighted by molar-refractivity contribution is 0.103. The van der Waals surface area contributed by atoms with E-state index in [1.54, 1.807) is 19.2 Å². The van der Waals surface area contributed by atoms with Crippen LogP contribution in [0.2, 0.25) is 0 Å². The second-order valence-corrected chi connectivity index (χ2v) is 4.65. The van der Waals surface area contributed by atoms with Gasteiger partial charge in [0.15, 0.2) is 5.78 Å². The molecule has 1 aromatic carbocycles. The van der Waals surface area contributed by atoms with Crippen molar-refractivity contribution < 1.29 is 9.90 Å². The molecule has 6 nitrogen and oxygen atoms in total. The first-order valence-electron chi connectivity index (χ1n) is 6.06. The molecule has 0 atom stereocenters. The van der Waals surface area contributed by atoms with E-state index in [-0.39, 0.29) is 17.1 Å². The Morgan fingerprint density at radius 3 is 2.85 bits per heavy atom. The summed E-state index contributed by atoms with van der Waals surface area (Å²) in [4.78, 5) is 20.4. The highest BCUT2D eigenvalue weighted by atomic mass is 16.3. The molecular weight excluding hydrogens is 256 g/mol. The molecule has 20 heavy (non-hydrogen) atoms. The molecule has 2 aromatic heterocycles.